The van der Waals surface area contributed by atoms with Crippen LogP contribution in [-0.4, -0.2) is 17.1 Å². The largest absolute Gasteiger partial charge is 0.496 e. The minimum absolute atomic E-state index is 0.121. The molecule has 0 saturated heterocycles. The van der Waals surface area contributed by atoms with E-state index in [9.17, 15) is 4.79 Å². The third kappa shape index (κ3) is 1.86. The van der Waals surface area contributed by atoms with Crippen molar-refractivity contribution in [1.29, 1.82) is 0 Å². The lowest BCUT2D eigenvalue weighted by Gasteiger charge is -2.12. The van der Waals surface area contributed by atoms with Crippen LogP contribution in [0.25, 0.3) is 22.0 Å². The summed E-state index contributed by atoms with van der Waals surface area (Å²) in [6.07, 6.45) is 3.34. The van der Waals surface area contributed by atoms with Crippen molar-refractivity contribution in [2.75, 3.05) is 7.11 Å². The minimum atomic E-state index is -0.121. The number of nitrogens with one attached hydrogen (secondary N) is 1. The zero-order valence-corrected chi connectivity index (χ0v) is 11.3. The normalized spacial score (nSPS) is 10.7. The summed E-state index contributed by atoms with van der Waals surface area (Å²) in [6.45, 7) is 1.96. The van der Waals surface area contributed by atoms with Gasteiger partial charge in [-0.2, -0.15) is 0 Å². The van der Waals surface area contributed by atoms with E-state index in [4.69, 9.17) is 4.74 Å². The summed E-state index contributed by atoms with van der Waals surface area (Å²) in [7, 11) is 1.64. The van der Waals surface area contributed by atoms with E-state index in [1.165, 1.54) is 0 Å². The van der Waals surface area contributed by atoms with Gasteiger partial charge in [0.25, 0.3) is 5.56 Å². The molecule has 3 aromatic rings. The molecule has 1 aromatic carbocycles. The Morgan fingerprint density at radius 3 is 2.80 bits per heavy atom. The Labute approximate surface area is 116 Å². The fourth-order valence-electron chi connectivity index (χ4n) is 2.48. The van der Waals surface area contributed by atoms with Crippen LogP contribution in [0.3, 0.4) is 0 Å². The smallest absolute Gasteiger partial charge is 0.255 e. The number of methoxy groups -OCH3 is 1. The van der Waals surface area contributed by atoms with Crippen LogP contribution in [0.4, 0.5) is 0 Å². The molecule has 2 aromatic heterocycles. The third-order valence-corrected chi connectivity index (χ3v) is 3.34. The van der Waals surface area contributed by atoms with Crippen LogP contribution in [0, 0.1) is 6.92 Å². The zero-order valence-electron chi connectivity index (χ0n) is 11.3. The molecule has 4 nitrogen and oxygen atoms in total. The molecule has 20 heavy (non-hydrogen) atoms. The van der Waals surface area contributed by atoms with Gasteiger partial charge in [0, 0.05) is 28.9 Å². The van der Waals surface area contributed by atoms with Gasteiger partial charge < -0.3 is 9.72 Å². The average Bonchev–Trinajstić information content (AvgIpc) is 2.47. The summed E-state index contributed by atoms with van der Waals surface area (Å²) < 4.78 is 5.45. The zero-order chi connectivity index (χ0) is 14.1. The molecule has 0 unspecified atom stereocenters. The molecule has 1 N–H and O–H groups in total. The van der Waals surface area contributed by atoms with E-state index in [1.807, 2.05) is 31.2 Å². The summed E-state index contributed by atoms with van der Waals surface area (Å²) in [5, 5.41) is 0.910. The molecule has 0 fully saturated rings. The fraction of sp³-hybridized carbons (Fsp3) is 0.125. The Morgan fingerprint density at radius 1 is 1.20 bits per heavy atom. The number of hydrogen-bond acceptors (Lipinski definition) is 3. The van der Waals surface area contributed by atoms with Gasteiger partial charge >= 0.3 is 0 Å². The molecule has 0 atom stereocenters. The maximum Gasteiger partial charge on any atom is 0.255 e. The van der Waals surface area contributed by atoms with Crippen molar-refractivity contribution in [3.8, 4) is 16.9 Å². The van der Waals surface area contributed by atoms with Crippen molar-refractivity contribution in [2.45, 2.75) is 6.92 Å². The Kier molecular flexibility index (Phi) is 2.99. The van der Waals surface area contributed by atoms with Gasteiger partial charge in [0.2, 0.25) is 0 Å². The summed E-state index contributed by atoms with van der Waals surface area (Å²) in [6, 6.07) is 9.37. The van der Waals surface area contributed by atoms with Gasteiger partial charge in [0.15, 0.2) is 0 Å². The highest BCUT2D eigenvalue weighted by Gasteiger charge is 2.14. The van der Waals surface area contributed by atoms with Crippen LogP contribution in [0.5, 0.6) is 5.75 Å². The number of fused-ring (bicyclic) bond motifs is 1. The maximum absolute atomic E-state index is 12.0. The number of H-pyrrole nitrogens is 1. The van der Waals surface area contributed by atoms with Gasteiger partial charge in [-0.15, -0.1) is 0 Å². The summed E-state index contributed by atoms with van der Waals surface area (Å²) in [4.78, 5) is 19.1. The molecule has 0 bridgehead atoms. The standard InChI is InChI=1S/C16H14N2O2/c1-10-9-13(11-5-3-8-18-16(11)19)14-12(15(10)20-2)6-4-7-17-14/h3-9H,1-2H3,(H,18,19). The Balaban J connectivity index is 2.44. The van der Waals surface area contributed by atoms with Gasteiger partial charge in [-0.3, -0.25) is 9.78 Å². The first-order valence-electron chi connectivity index (χ1n) is 6.33. The lowest BCUT2D eigenvalue weighted by atomic mass is 9.99. The Bertz CT molecular complexity index is 837. The lowest BCUT2D eigenvalue weighted by Crippen LogP contribution is -2.08. The molecule has 2 heterocycles. The number of hydrogen-bond donors (Lipinski definition) is 1. The molecule has 3 rings (SSSR count). The Hall–Kier alpha value is -2.62. The minimum Gasteiger partial charge on any atom is -0.496 e. The molecular weight excluding hydrogens is 252 g/mol. The van der Waals surface area contributed by atoms with Gasteiger partial charge in [-0.25, -0.2) is 0 Å². The van der Waals surface area contributed by atoms with Gasteiger partial charge in [0.05, 0.1) is 12.6 Å². The first-order chi connectivity index (χ1) is 9.72. The van der Waals surface area contributed by atoms with E-state index in [0.717, 1.165) is 27.8 Å². The van der Waals surface area contributed by atoms with Crippen LogP contribution < -0.4 is 10.3 Å². The number of benzene rings is 1. The van der Waals surface area contributed by atoms with Crippen molar-refractivity contribution in [1.82, 2.24) is 9.97 Å². The monoisotopic (exact) mass is 266 g/mol. The molecule has 0 saturated carbocycles. The van der Waals surface area contributed by atoms with E-state index < -0.39 is 0 Å². The van der Waals surface area contributed by atoms with E-state index in [2.05, 4.69) is 9.97 Å². The topological polar surface area (TPSA) is 55.0 Å². The van der Waals surface area contributed by atoms with Crippen molar-refractivity contribution < 1.29 is 4.74 Å². The lowest BCUT2D eigenvalue weighted by molar-refractivity contribution is 0.417. The van der Waals surface area contributed by atoms with Gasteiger partial charge in [-0.1, -0.05) is 0 Å². The molecule has 0 aliphatic rings. The van der Waals surface area contributed by atoms with E-state index in [-0.39, 0.29) is 5.56 Å². The summed E-state index contributed by atoms with van der Waals surface area (Å²) in [5.41, 5.74) is 3.06. The second-order valence-electron chi connectivity index (χ2n) is 4.59. The van der Waals surface area contributed by atoms with Crippen molar-refractivity contribution in [3.63, 3.8) is 0 Å². The van der Waals surface area contributed by atoms with Crippen molar-refractivity contribution >= 4 is 10.9 Å². The second-order valence-corrected chi connectivity index (χ2v) is 4.59. The van der Waals surface area contributed by atoms with Crippen LogP contribution in [0.1, 0.15) is 5.56 Å². The highest BCUT2D eigenvalue weighted by atomic mass is 16.5. The molecule has 4 heteroatoms. The molecular formula is C16H14N2O2. The number of pyridine rings is 2. The quantitative estimate of drug-likeness (QED) is 0.776. The highest BCUT2D eigenvalue weighted by Crippen LogP contribution is 2.34. The third-order valence-electron chi connectivity index (χ3n) is 3.34. The molecule has 0 amide bonds. The van der Waals surface area contributed by atoms with Crippen molar-refractivity contribution in [3.05, 3.63) is 58.6 Å². The maximum atomic E-state index is 12.0. The number of nitrogens with zero attached hydrogens (tertiary/aromatic N) is 1. The number of aryl methyl sites for hydroxylation is 1. The van der Waals surface area contributed by atoms with E-state index in [1.54, 1.807) is 25.6 Å². The highest BCUT2D eigenvalue weighted by molar-refractivity contribution is 5.98. The second kappa shape index (κ2) is 4.81. The number of aromatic amines is 1. The van der Waals surface area contributed by atoms with Gasteiger partial charge in [0.1, 0.15) is 5.75 Å². The molecule has 0 spiro atoms. The molecule has 0 aliphatic heterocycles. The number of ether oxygens (including phenoxy) is 1. The number of aromatic nitrogens is 2. The van der Waals surface area contributed by atoms with Crippen LogP contribution in [0.15, 0.2) is 47.5 Å². The van der Waals surface area contributed by atoms with E-state index >= 15 is 0 Å². The summed E-state index contributed by atoms with van der Waals surface area (Å²) in [5.74, 6) is 0.796. The first-order valence-corrected chi connectivity index (χ1v) is 6.33. The average molecular weight is 266 g/mol. The SMILES string of the molecule is COc1c(C)cc(-c2ccc[nH]c2=O)c2ncccc12. The summed E-state index contributed by atoms with van der Waals surface area (Å²) >= 11 is 0. The number of rotatable bonds is 2. The Morgan fingerprint density at radius 2 is 2.05 bits per heavy atom. The first kappa shape index (κ1) is 12.4. The van der Waals surface area contributed by atoms with Gasteiger partial charge in [-0.05, 0) is 42.8 Å². The molecule has 0 aliphatic carbocycles. The fourth-order valence-corrected chi connectivity index (χ4v) is 2.48. The van der Waals surface area contributed by atoms with Crippen molar-refractivity contribution in [2.24, 2.45) is 0 Å². The van der Waals surface area contributed by atoms with Crippen LogP contribution >= 0.6 is 0 Å². The predicted molar refractivity (Wildman–Crippen MR) is 79.1 cm³/mol. The molecule has 100 valence electrons. The van der Waals surface area contributed by atoms with Crippen LogP contribution in [0.2, 0.25) is 0 Å². The predicted octanol–water partition coefficient (Wildman–Crippen LogP) is 2.91. The molecule has 0 radical (unpaired) electrons. The van der Waals surface area contributed by atoms with Crippen LogP contribution in [-0.2, 0) is 0 Å². The van der Waals surface area contributed by atoms with E-state index in [0.29, 0.717) is 5.56 Å².